The Balaban J connectivity index is 1.91. The second kappa shape index (κ2) is 7.11. The minimum absolute atomic E-state index is 0.0626. The topological polar surface area (TPSA) is 80.3 Å². The molecule has 0 saturated carbocycles. The summed E-state index contributed by atoms with van der Waals surface area (Å²) in [6, 6.07) is 8.02. The average Bonchev–Trinajstić information content (AvgIpc) is 2.53. The quantitative estimate of drug-likeness (QED) is 0.843. The third-order valence-electron chi connectivity index (χ3n) is 2.57. The monoisotopic (exact) mass is 307 g/mol. The summed E-state index contributed by atoms with van der Waals surface area (Å²) in [5.41, 5.74) is 4.94. The Bertz CT molecular complexity index is 648. The van der Waals surface area contributed by atoms with Crippen molar-refractivity contribution in [3.05, 3.63) is 59.9 Å². The van der Waals surface area contributed by atoms with Crippen molar-refractivity contribution in [2.45, 2.75) is 6.61 Å². The highest BCUT2D eigenvalue weighted by Gasteiger charge is 2.10. The number of nitrogens with zero attached hydrogens (tertiary/aromatic N) is 1. The number of ether oxygens (including phenoxy) is 1. The van der Waals surface area contributed by atoms with Crippen LogP contribution in [-0.2, 0) is 0 Å². The molecule has 6 nitrogen and oxygen atoms in total. The number of nitrogens with one attached hydrogen (secondary N) is 2. The van der Waals surface area contributed by atoms with Crippen LogP contribution in [0.3, 0.4) is 0 Å². The SMILES string of the molecule is O=C(NNC(=O)c1ccc(OC(F)F)cc1)c1ccncc1. The number of hydrazine groups is 1. The molecule has 8 heteroatoms. The molecule has 1 aromatic carbocycles. The fourth-order valence-electron chi connectivity index (χ4n) is 1.55. The largest absolute Gasteiger partial charge is 0.435 e. The maximum absolute atomic E-state index is 12.0. The van der Waals surface area contributed by atoms with Gasteiger partial charge in [-0.05, 0) is 36.4 Å². The van der Waals surface area contributed by atoms with Gasteiger partial charge < -0.3 is 4.74 Å². The van der Waals surface area contributed by atoms with Gasteiger partial charge in [-0.1, -0.05) is 0 Å². The molecule has 0 aliphatic heterocycles. The summed E-state index contributed by atoms with van der Waals surface area (Å²) >= 11 is 0. The summed E-state index contributed by atoms with van der Waals surface area (Å²) in [5.74, 6) is -1.16. The molecule has 0 aliphatic rings. The molecule has 2 rings (SSSR count). The maximum Gasteiger partial charge on any atom is 0.387 e. The molecule has 0 spiro atoms. The molecule has 2 amide bonds. The molecule has 114 valence electrons. The minimum Gasteiger partial charge on any atom is -0.435 e. The van der Waals surface area contributed by atoms with Gasteiger partial charge in [0.15, 0.2) is 0 Å². The van der Waals surface area contributed by atoms with Gasteiger partial charge in [0, 0.05) is 23.5 Å². The van der Waals surface area contributed by atoms with E-state index in [1.807, 2.05) is 0 Å². The standard InChI is InChI=1S/C14H11F2N3O3/c15-14(16)22-11-3-1-9(2-4-11)12(20)18-19-13(21)10-5-7-17-8-6-10/h1-8,14H,(H,18,20)(H,19,21). The molecule has 0 aliphatic carbocycles. The van der Waals surface area contributed by atoms with E-state index in [-0.39, 0.29) is 11.3 Å². The Morgan fingerprint density at radius 3 is 1.91 bits per heavy atom. The molecule has 2 N–H and O–H groups in total. The van der Waals surface area contributed by atoms with E-state index in [2.05, 4.69) is 20.6 Å². The first kappa shape index (κ1) is 15.4. The molecule has 1 heterocycles. The lowest BCUT2D eigenvalue weighted by molar-refractivity contribution is -0.0498. The smallest absolute Gasteiger partial charge is 0.387 e. The molecule has 0 bridgehead atoms. The van der Waals surface area contributed by atoms with E-state index in [0.717, 1.165) is 0 Å². The van der Waals surface area contributed by atoms with Crippen LogP contribution in [0.2, 0.25) is 0 Å². The summed E-state index contributed by atoms with van der Waals surface area (Å²) < 4.78 is 28.2. The van der Waals surface area contributed by atoms with Crippen molar-refractivity contribution in [2.75, 3.05) is 0 Å². The van der Waals surface area contributed by atoms with Gasteiger partial charge in [0.25, 0.3) is 11.8 Å². The zero-order chi connectivity index (χ0) is 15.9. The van der Waals surface area contributed by atoms with E-state index in [4.69, 9.17) is 0 Å². The van der Waals surface area contributed by atoms with E-state index >= 15 is 0 Å². The number of hydrogen-bond donors (Lipinski definition) is 2. The first-order chi connectivity index (χ1) is 10.6. The Hall–Kier alpha value is -3.03. The Morgan fingerprint density at radius 1 is 0.909 bits per heavy atom. The lowest BCUT2D eigenvalue weighted by atomic mass is 10.2. The van der Waals surface area contributed by atoms with Crippen LogP contribution in [-0.4, -0.2) is 23.4 Å². The summed E-state index contributed by atoms with van der Waals surface area (Å²) in [4.78, 5) is 27.3. The van der Waals surface area contributed by atoms with Crippen molar-refractivity contribution >= 4 is 11.8 Å². The van der Waals surface area contributed by atoms with Gasteiger partial charge >= 0.3 is 6.61 Å². The summed E-state index contributed by atoms with van der Waals surface area (Å²) in [5, 5.41) is 0. The number of halogens is 2. The molecular formula is C14H11F2N3O3. The highest BCUT2D eigenvalue weighted by Crippen LogP contribution is 2.14. The van der Waals surface area contributed by atoms with Crippen molar-refractivity contribution in [2.24, 2.45) is 0 Å². The highest BCUT2D eigenvalue weighted by atomic mass is 19.3. The predicted octanol–water partition coefficient (Wildman–Crippen LogP) is 1.76. The van der Waals surface area contributed by atoms with E-state index in [0.29, 0.717) is 5.56 Å². The predicted molar refractivity (Wildman–Crippen MR) is 72.2 cm³/mol. The van der Waals surface area contributed by atoms with Crippen LogP contribution in [0.5, 0.6) is 5.75 Å². The number of aromatic nitrogens is 1. The van der Waals surface area contributed by atoms with E-state index in [1.54, 1.807) is 0 Å². The third kappa shape index (κ3) is 4.23. The van der Waals surface area contributed by atoms with Gasteiger partial charge in [0.05, 0.1) is 0 Å². The van der Waals surface area contributed by atoms with Crippen LogP contribution >= 0.6 is 0 Å². The minimum atomic E-state index is -2.93. The number of carbonyl (C=O) groups is 2. The van der Waals surface area contributed by atoms with E-state index in [1.165, 1.54) is 48.8 Å². The van der Waals surface area contributed by atoms with Gasteiger partial charge in [-0.25, -0.2) is 0 Å². The van der Waals surface area contributed by atoms with Gasteiger partial charge in [-0.3, -0.25) is 25.4 Å². The summed E-state index contributed by atoms with van der Waals surface area (Å²) in [7, 11) is 0. The maximum atomic E-state index is 12.0. The average molecular weight is 307 g/mol. The fraction of sp³-hybridized carbons (Fsp3) is 0.0714. The molecule has 0 unspecified atom stereocenters. The number of benzene rings is 1. The molecule has 0 fully saturated rings. The van der Waals surface area contributed by atoms with E-state index in [9.17, 15) is 18.4 Å². The van der Waals surface area contributed by atoms with Crippen LogP contribution in [0.25, 0.3) is 0 Å². The number of pyridine rings is 1. The molecule has 0 saturated heterocycles. The van der Waals surface area contributed by atoms with E-state index < -0.39 is 18.4 Å². The molecule has 0 atom stereocenters. The Morgan fingerprint density at radius 2 is 1.41 bits per heavy atom. The zero-order valence-corrected chi connectivity index (χ0v) is 11.1. The highest BCUT2D eigenvalue weighted by molar-refractivity contribution is 5.98. The molecule has 22 heavy (non-hydrogen) atoms. The van der Waals surface area contributed by atoms with Crippen molar-refractivity contribution in [1.29, 1.82) is 0 Å². The van der Waals surface area contributed by atoms with Crippen LogP contribution < -0.4 is 15.6 Å². The van der Waals surface area contributed by atoms with Crippen LogP contribution in [0.1, 0.15) is 20.7 Å². The number of hydrogen-bond acceptors (Lipinski definition) is 4. The molecular weight excluding hydrogens is 296 g/mol. The lowest BCUT2D eigenvalue weighted by Gasteiger charge is -2.08. The van der Waals surface area contributed by atoms with Gasteiger partial charge in [0.1, 0.15) is 5.75 Å². The first-order valence-corrected chi connectivity index (χ1v) is 6.12. The second-order valence-corrected chi connectivity index (χ2v) is 4.05. The van der Waals surface area contributed by atoms with Crippen molar-refractivity contribution in [3.8, 4) is 5.75 Å². The fourth-order valence-corrected chi connectivity index (χ4v) is 1.55. The summed E-state index contributed by atoms with van der Waals surface area (Å²) in [6.45, 7) is -2.93. The molecule has 1 aromatic heterocycles. The first-order valence-electron chi connectivity index (χ1n) is 6.12. The van der Waals surface area contributed by atoms with Crippen LogP contribution in [0.4, 0.5) is 8.78 Å². The Labute approximate surface area is 124 Å². The van der Waals surface area contributed by atoms with Gasteiger partial charge in [0.2, 0.25) is 0 Å². The number of amides is 2. The van der Waals surface area contributed by atoms with Gasteiger partial charge in [-0.15, -0.1) is 0 Å². The lowest BCUT2D eigenvalue weighted by Crippen LogP contribution is -2.41. The van der Waals surface area contributed by atoms with Crippen molar-refractivity contribution in [1.82, 2.24) is 15.8 Å². The van der Waals surface area contributed by atoms with Crippen LogP contribution in [0.15, 0.2) is 48.8 Å². The zero-order valence-electron chi connectivity index (χ0n) is 11.1. The third-order valence-corrected chi connectivity index (χ3v) is 2.57. The van der Waals surface area contributed by atoms with Crippen molar-refractivity contribution < 1.29 is 23.1 Å². The summed E-state index contributed by atoms with van der Waals surface area (Å²) in [6.07, 6.45) is 2.89. The van der Waals surface area contributed by atoms with Crippen molar-refractivity contribution in [3.63, 3.8) is 0 Å². The van der Waals surface area contributed by atoms with Gasteiger partial charge in [-0.2, -0.15) is 8.78 Å². The number of carbonyl (C=O) groups excluding carboxylic acids is 2. The molecule has 2 aromatic rings. The van der Waals surface area contributed by atoms with Crippen LogP contribution in [0, 0.1) is 0 Å². The molecule has 0 radical (unpaired) electrons. The second-order valence-electron chi connectivity index (χ2n) is 4.05. The number of rotatable bonds is 4. The number of alkyl halides is 2. The Kier molecular flexibility index (Phi) is 4.97. The normalized spacial score (nSPS) is 10.1.